The topological polar surface area (TPSA) is 79.7 Å². The number of halogens is 1. The highest BCUT2D eigenvalue weighted by molar-refractivity contribution is 7.78. The van der Waals surface area contributed by atoms with Crippen molar-refractivity contribution >= 4 is 34.4 Å². The number of anilines is 1. The van der Waals surface area contributed by atoms with Crippen molar-refractivity contribution in [2.24, 2.45) is 0 Å². The van der Waals surface area contributed by atoms with Crippen molar-refractivity contribution in [3.8, 4) is 0 Å². The van der Waals surface area contributed by atoms with Crippen LogP contribution in [0, 0.1) is 0 Å². The molecule has 1 amide bonds. The molecular formula is C10H11ClN2O4S. The summed E-state index contributed by atoms with van der Waals surface area (Å²) in [6.07, 6.45) is 0. The predicted octanol–water partition coefficient (Wildman–Crippen LogP) is 0.820. The summed E-state index contributed by atoms with van der Waals surface area (Å²) in [4.78, 5) is 17.2. The maximum absolute atomic E-state index is 11.6. The van der Waals surface area contributed by atoms with Crippen LogP contribution in [0.15, 0.2) is 12.1 Å². The van der Waals surface area contributed by atoms with E-state index in [1.807, 2.05) is 0 Å². The molecule has 1 aromatic rings. The second kappa shape index (κ2) is 5.75. The highest BCUT2D eigenvalue weighted by atomic mass is 35.5. The zero-order valence-electron chi connectivity index (χ0n) is 9.34. The first kappa shape index (κ1) is 13.4. The number of pyridine rings is 1. The Hall–Kier alpha value is -1.02. The third-order valence-electron chi connectivity index (χ3n) is 2.39. The van der Waals surface area contributed by atoms with Gasteiger partial charge in [-0.25, -0.2) is 9.19 Å². The molecule has 1 unspecified atom stereocenters. The van der Waals surface area contributed by atoms with E-state index in [4.69, 9.17) is 20.9 Å². The number of carbonyl (C=O) groups excluding carboxylic acids is 1. The summed E-state index contributed by atoms with van der Waals surface area (Å²) in [5.41, 5.74) is 0.560. The summed E-state index contributed by atoms with van der Waals surface area (Å²) in [6, 6.07) is 3.09. The lowest BCUT2D eigenvalue weighted by Gasteiger charge is -2.26. The second-order valence-corrected chi connectivity index (χ2v) is 5.04. The molecule has 8 heteroatoms. The molecule has 1 saturated heterocycles. The van der Waals surface area contributed by atoms with Crippen LogP contribution in [-0.4, -0.2) is 39.4 Å². The zero-order chi connectivity index (χ0) is 13.1. The van der Waals surface area contributed by atoms with E-state index in [1.54, 1.807) is 6.07 Å². The van der Waals surface area contributed by atoms with Crippen LogP contribution < -0.4 is 4.90 Å². The molecule has 1 aliphatic heterocycles. The molecule has 0 bridgehead atoms. The molecule has 98 valence electrons. The number of rotatable bonds is 3. The van der Waals surface area contributed by atoms with Gasteiger partial charge in [-0.2, -0.15) is 0 Å². The largest absolute Gasteiger partial charge is 0.370 e. The van der Waals surface area contributed by atoms with Crippen LogP contribution in [0.2, 0.25) is 5.15 Å². The second-order valence-electron chi connectivity index (χ2n) is 3.72. The quantitative estimate of drug-likeness (QED) is 0.658. The third kappa shape index (κ3) is 3.26. The van der Waals surface area contributed by atoms with Crippen molar-refractivity contribution in [2.45, 2.75) is 5.75 Å². The molecule has 1 N–H and O–H groups in total. The number of hydrogen-bond donors (Lipinski definition) is 1. The minimum Gasteiger partial charge on any atom is -0.370 e. The van der Waals surface area contributed by atoms with E-state index in [0.29, 0.717) is 24.5 Å². The molecule has 1 aromatic heterocycles. The fourth-order valence-electron chi connectivity index (χ4n) is 1.66. The molecule has 0 saturated carbocycles. The van der Waals surface area contributed by atoms with E-state index in [1.165, 1.54) is 11.0 Å². The molecule has 2 heterocycles. The highest BCUT2D eigenvalue weighted by Gasteiger charge is 2.22. The van der Waals surface area contributed by atoms with Gasteiger partial charge in [0, 0.05) is 0 Å². The summed E-state index contributed by atoms with van der Waals surface area (Å²) < 4.78 is 24.7. The van der Waals surface area contributed by atoms with Crippen LogP contribution in [0.25, 0.3) is 0 Å². The number of carbonyl (C=O) groups is 1. The maximum atomic E-state index is 11.6. The van der Waals surface area contributed by atoms with Crippen LogP contribution in [0.1, 0.15) is 5.56 Å². The van der Waals surface area contributed by atoms with Gasteiger partial charge in [-0.1, -0.05) is 11.6 Å². The van der Waals surface area contributed by atoms with E-state index in [-0.39, 0.29) is 23.4 Å². The van der Waals surface area contributed by atoms with E-state index < -0.39 is 11.1 Å². The molecule has 1 aliphatic rings. The number of ether oxygens (including phenoxy) is 1. The first-order chi connectivity index (χ1) is 8.56. The van der Waals surface area contributed by atoms with Gasteiger partial charge in [-0.05, 0) is 17.7 Å². The molecule has 0 aromatic carbocycles. The average Bonchev–Trinajstić information content (AvgIpc) is 2.27. The van der Waals surface area contributed by atoms with Crippen LogP contribution >= 0.6 is 11.6 Å². The molecule has 2 rings (SSSR count). The lowest BCUT2D eigenvalue weighted by atomic mass is 10.2. The smallest absolute Gasteiger partial charge is 0.254 e. The maximum Gasteiger partial charge on any atom is 0.254 e. The summed E-state index contributed by atoms with van der Waals surface area (Å²) in [6.45, 7) is 0.838. The standard InChI is InChI=1S/C10H11ClN2O4S/c11-8-3-7(6-18(15)16)4-9(12-8)13-1-2-17-5-10(13)14/h3-4H,1-2,5-6H2,(H,15,16). The lowest BCUT2D eigenvalue weighted by molar-refractivity contribution is -0.125. The monoisotopic (exact) mass is 290 g/mol. The molecule has 18 heavy (non-hydrogen) atoms. The average molecular weight is 291 g/mol. The van der Waals surface area contributed by atoms with Crippen LogP contribution in [0.3, 0.4) is 0 Å². The van der Waals surface area contributed by atoms with Gasteiger partial charge in [-0.3, -0.25) is 9.69 Å². The minimum absolute atomic E-state index is 0.00938. The number of nitrogens with zero attached hydrogens (tertiary/aromatic N) is 2. The normalized spacial score (nSPS) is 17.9. The summed E-state index contributed by atoms with van der Waals surface area (Å²) >= 11 is 3.88. The Kier molecular flexibility index (Phi) is 4.28. The van der Waals surface area contributed by atoms with Crippen molar-refractivity contribution in [2.75, 3.05) is 24.7 Å². The van der Waals surface area contributed by atoms with Crippen molar-refractivity contribution in [3.05, 3.63) is 22.8 Å². The first-order valence-electron chi connectivity index (χ1n) is 5.18. The van der Waals surface area contributed by atoms with E-state index in [9.17, 15) is 9.00 Å². The summed E-state index contributed by atoms with van der Waals surface area (Å²) in [5.74, 6) is 0.136. The first-order valence-corrected chi connectivity index (χ1v) is 6.83. The molecule has 0 radical (unpaired) electrons. The predicted molar refractivity (Wildman–Crippen MR) is 66.9 cm³/mol. The van der Waals surface area contributed by atoms with Crippen LogP contribution in [-0.2, 0) is 26.4 Å². The Labute approximate surface area is 111 Å². The molecular weight excluding hydrogens is 280 g/mol. The Bertz CT molecular complexity index is 497. The van der Waals surface area contributed by atoms with Gasteiger partial charge in [0.2, 0.25) is 0 Å². The fourth-order valence-corrected chi connectivity index (χ4v) is 2.34. The molecule has 0 spiro atoms. The number of morpholine rings is 1. The summed E-state index contributed by atoms with van der Waals surface area (Å²) in [5, 5.41) is 0.187. The highest BCUT2D eigenvalue weighted by Crippen LogP contribution is 2.20. The fraction of sp³-hybridized carbons (Fsp3) is 0.400. The lowest BCUT2D eigenvalue weighted by Crippen LogP contribution is -2.42. The third-order valence-corrected chi connectivity index (χ3v) is 3.17. The molecule has 0 aliphatic carbocycles. The Balaban J connectivity index is 2.29. The van der Waals surface area contributed by atoms with E-state index in [2.05, 4.69) is 4.98 Å². The van der Waals surface area contributed by atoms with E-state index >= 15 is 0 Å². The van der Waals surface area contributed by atoms with Crippen molar-refractivity contribution in [1.82, 2.24) is 4.98 Å². The van der Waals surface area contributed by atoms with Crippen LogP contribution in [0.4, 0.5) is 5.82 Å². The zero-order valence-corrected chi connectivity index (χ0v) is 10.9. The minimum atomic E-state index is -1.96. The van der Waals surface area contributed by atoms with Gasteiger partial charge in [0.15, 0.2) is 11.1 Å². The number of aromatic nitrogens is 1. The molecule has 6 nitrogen and oxygen atoms in total. The van der Waals surface area contributed by atoms with Gasteiger partial charge < -0.3 is 9.29 Å². The van der Waals surface area contributed by atoms with Gasteiger partial charge >= 0.3 is 0 Å². The van der Waals surface area contributed by atoms with Crippen molar-refractivity contribution < 1.29 is 18.3 Å². The molecule has 1 fully saturated rings. The Morgan fingerprint density at radius 1 is 1.56 bits per heavy atom. The van der Waals surface area contributed by atoms with Crippen molar-refractivity contribution in [3.63, 3.8) is 0 Å². The van der Waals surface area contributed by atoms with Crippen LogP contribution in [0.5, 0.6) is 0 Å². The SMILES string of the molecule is O=C1COCCN1c1cc(CS(=O)O)cc(Cl)n1. The van der Waals surface area contributed by atoms with Crippen molar-refractivity contribution in [1.29, 1.82) is 0 Å². The Morgan fingerprint density at radius 3 is 3.00 bits per heavy atom. The van der Waals surface area contributed by atoms with Gasteiger partial charge in [0.05, 0.1) is 18.9 Å². The van der Waals surface area contributed by atoms with Gasteiger partial charge in [0.1, 0.15) is 17.6 Å². The number of amides is 1. The van der Waals surface area contributed by atoms with E-state index in [0.717, 1.165) is 0 Å². The molecule has 1 atom stereocenters. The Morgan fingerprint density at radius 2 is 2.33 bits per heavy atom. The summed E-state index contributed by atoms with van der Waals surface area (Å²) in [7, 11) is 0. The number of hydrogen-bond acceptors (Lipinski definition) is 4. The van der Waals surface area contributed by atoms with Gasteiger partial charge in [-0.15, -0.1) is 0 Å². The van der Waals surface area contributed by atoms with Gasteiger partial charge in [0.25, 0.3) is 5.91 Å².